The van der Waals surface area contributed by atoms with Gasteiger partial charge in [-0.15, -0.1) is 0 Å². The van der Waals surface area contributed by atoms with Crippen molar-refractivity contribution in [3.8, 4) is 5.69 Å². The summed E-state index contributed by atoms with van der Waals surface area (Å²) in [7, 11) is 0. The molecule has 0 aliphatic rings. The van der Waals surface area contributed by atoms with Crippen molar-refractivity contribution in [2.24, 2.45) is 5.84 Å². The Kier molecular flexibility index (Phi) is 3.29. The highest BCUT2D eigenvalue weighted by Gasteiger charge is 2.10. The van der Waals surface area contributed by atoms with Gasteiger partial charge < -0.3 is 5.43 Å². The topological polar surface area (TPSA) is 82.1 Å². The number of nitrogens with one attached hydrogen (secondary N) is 1. The van der Waals surface area contributed by atoms with E-state index in [9.17, 15) is 9.59 Å². The van der Waals surface area contributed by atoms with Gasteiger partial charge in [-0.25, -0.2) is 15.2 Å². The Morgan fingerprint density at radius 3 is 2.41 bits per heavy atom. The summed E-state index contributed by atoms with van der Waals surface area (Å²) >= 11 is 1.66. The molecule has 0 bridgehead atoms. The predicted molar refractivity (Wildman–Crippen MR) is 73.5 cm³/mol. The number of hydrazine groups is 1. The summed E-state index contributed by atoms with van der Waals surface area (Å²) in [6.07, 6.45) is 0. The summed E-state index contributed by atoms with van der Waals surface area (Å²) < 4.78 is 2.32. The molecule has 1 heterocycles. The van der Waals surface area contributed by atoms with E-state index in [0.717, 1.165) is 2.78 Å². The molecule has 2 rings (SSSR count). The second kappa shape index (κ2) is 4.72. The minimum atomic E-state index is -0.461. The molecule has 0 aliphatic heterocycles. The molecule has 7 heteroatoms. The van der Waals surface area contributed by atoms with Crippen molar-refractivity contribution in [2.75, 3.05) is 5.43 Å². The molecule has 0 amide bonds. The van der Waals surface area contributed by atoms with Gasteiger partial charge in [0.15, 0.2) is 0 Å². The molecule has 2 aromatic rings. The lowest BCUT2D eigenvalue weighted by atomic mass is 10.3. The fraction of sp³-hybridized carbons (Fsp3) is 0. The molecule has 3 N–H and O–H groups in total. The average molecular weight is 344 g/mol. The van der Waals surface area contributed by atoms with Gasteiger partial charge in [0, 0.05) is 6.07 Å². The van der Waals surface area contributed by atoms with Gasteiger partial charge in [-0.05, 0) is 12.1 Å². The lowest BCUT2D eigenvalue weighted by Crippen LogP contribution is -2.36. The van der Waals surface area contributed by atoms with Gasteiger partial charge in [0.1, 0.15) is 5.82 Å². The Labute approximate surface area is 110 Å². The Balaban J connectivity index is 2.82. The quantitative estimate of drug-likeness (QED) is 0.472. The molecular weight excluding hydrogens is 335 g/mol. The molecule has 6 nitrogen and oxygen atoms in total. The maximum absolute atomic E-state index is 12.0. The van der Waals surface area contributed by atoms with E-state index in [4.69, 9.17) is 5.84 Å². The molecule has 0 unspecified atom stereocenters. The van der Waals surface area contributed by atoms with Crippen LogP contribution in [0.4, 0.5) is 5.82 Å². The number of nitrogen functional groups attached to an aromatic ring is 1. The first kappa shape index (κ1) is 11.9. The largest absolute Gasteiger partial charge is 0.346 e. The van der Waals surface area contributed by atoms with Gasteiger partial charge in [0.05, 0.1) is 28.6 Å². The number of para-hydroxylation sites is 1. The van der Waals surface area contributed by atoms with Crippen LogP contribution in [0, 0.1) is 0 Å². The zero-order valence-electron chi connectivity index (χ0n) is 8.63. The fourth-order valence-electron chi connectivity index (χ4n) is 1.46. The second-order valence-electron chi connectivity index (χ2n) is 3.25. The van der Waals surface area contributed by atoms with E-state index in [2.05, 4.69) is 5.43 Å². The molecular formula is C10H9IN4O2. The Bertz CT molecular complexity index is 648. The molecule has 0 aliphatic carbocycles. The Morgan fingerprint density at radius 1 is 1.18 bits per heavy atom. The molecule has 17 heavy (non-hydrogen) atoms. The summed E-state index contributed by atoms with van der Waals surface area (Å²) in [5.74, 6) is 5.56. The zero-order chi connectivity index (χ0) is 12.4. The summed E-state index contributed by atoms with van der Waals surface area (Å²) in [6, 6.07) is 10.2. The third-order valence-corrected chi connectivity index (χ3v) is 3.10. The normalized spacial score (nSPS) is 10.2. The van der Waals surface area contributed by atoms with E-state index in [1.807, 2.05) is 6.07 Å². The minimum Gasteiger partial charge on any atom is -0.309 e. The van der Waals surface area contributed by atoms with Crippen molar-refractivity contribution in [3.05, 3.63) is 57.2 Å². The molecule has 0 fully saturated rings. The highest BCUT2D eigenvalue weighted by molar-refractivity contribution is 14.1. The van der Waals surface area contributed by atoms with Crippen molar-refractivity contribution in [3.63, 3.8) is 0 Å². The number of nitrogens with zero attached hydrogens (tertiary/aromatic N) is 2. The van der Waals surface area contributed by atoms with Gasteiger partial charge in [0.2, 0.25) is 0 Å². The van der Waals surface area contributed by atoms with E-state index >= 15 is 0 Å². The van der Waals surface area contributed by atoms with E-state index in [1.54, 1.807) is 47.1 Å². The van der Waals surface area contributed by atoms with Crippen LogP contribution >= 0.6 is 22.9 Å². The van der Waals surface area contributed by atoms with Gasteiger partial charge in [-0.3, -0.25) is 4.79 Å². The van der Waals surface area contributed by atoms with Crippen LogP contribution in [0.5, 0.6) is 0 Å². The molecule has 1 aromatic carbocycles. The van der Waals surface area contributed by atoms with Crippen molar-refractivity contribution in [2.45, 2.75) is 0 Å². The molecule has 88 valence electrons. The van der Waals surface area contributed by atoms with Crippen LogP contribution in [0.3, 0.4) is 0 Å². The number of nitrogens with two attached hydrogens (primary N) is 1. The van der Waals surface area contributed by atoms with Crippen LogP contribution < -0.4 is 22.5 Å². The molecule has 0 saturated carbocycles. The summed E-state index contributed by atoms with van der Waals surface area (Å²) in [5.41, 5.74) is 2.10. The van der Waals surface area contributed by atoms with Crippen LogP contribution in [0.15, 0.2) is 46.0 Å². The van der Waals surface area contributed by atoms with Crippen LogP contribution in [0.25, 0.3) is 5.69 Å². The molecule has 0 atom stereocenters. The van der Waals surface area contributed by atoms with Crippen molar-refractivity contribution in [1.29, 1.82) is 0 Å². The molecule has 0 spiro atoms. The summed E-state index contributed by atoms with van der Waals surface area (Å²) in [5, 5.41) is 0. The van der Waals surface area contributed by atoms with Crippen LogP contribution in [-0.2, 0) is 0 Å². The van der Waals surface area contributed by atoms with Gasteiger partial charge in [-0.1, -0.05) is 18.2 Å². The standard InChI is InChI=1S/C10H9IN4O2/c11-15-9(16)6-8(13-12)14(10(15)17)7-4-2-1-3-5-7/h1-6,13H,12H2. The maximum atomic E-state index is 12.0. The van der Waals surface area contributed by atoms with Crippen LogP contribution in [0.1, 0.15) is 0 Å². The third kappa shape index (κ3) is 2.11. The zero-order valence-corrected chi connectivity index (χ0v) is 10.8. The third-order valence-electron chi connectivity index (χ3n) is 2.22. The first-order valence-corrected chi connectivity index (χ1v) is 5.69. The van der Waals surface area contributed by atoms with Crippen LogP contribution in [0.2, 0.25) is 0 Å². The summed E-state index contributed by atoms with van der Waals surface area (Å²) in [6.45, 7) is 0. The number of rotatable bonds is 2. The average Bonchev–Trinajstić information content (AvgIpc) is 2.36. The lowest BCUT2D eigenvalue weighted by molar-refractivity contribution is 0.883. The minimum absolute atomic E-state index is 0.249. The van der Waals surface area contributed by atoms with Crippen molar-refractivity contribution in [1.82, 2.24) is 7.35 Å². The van der Waals surface area contributed by atoms with E-state index in [1.165, 1.54) is 10.6 Å². The predicted octanol–water partition coefficient (Wildman–Crippen LogP) is 0.483. The molecule has 0 saturated heterocycles. The number of hydrogen-bond acceptors (Lipinski definition) is 4. The fourth-order valence-corrected chi connectivity index (χ4v) is 1.81. The monoisotopic (exact) mass is 344 g/mol. The molecule has 1 aromatic heterocycles. The highest BCUT2D eigenvalue weighted by Crippen LogP contribution is 2.10. The first-order valence-electron chi connectivity index (χ1n) is 4.72. The van der Waals surface area contributed by atoms with E-state index in [-0.39, 0.29) is 5.82 Å². The van der Waals surface area contributed by atoms with Gasteiger partial charge in [0.25, 0.3) is 5.56 Å². The number of anilines is 1. The van der Waals surface area contributed by atoms with Crippen molar-refractivity contribution < 1.29 is 0 Å². The first-order chi connectivity index (χ1) is 8.15. The lowest BCUT2D eigenvalue weighted by Gasteiger charge is -2.11. The summed E-state index contributed by atoms with van der Waals surface area (Å²) in [4.78, 5) is 23.4. The maximum Gasteiger partial charge on any atom is 0.346 e. The number of halogens is 1. The van der Waals surface area contributed by atoms with Crippen LogP contribution in [-0.4, -0.2) is 7.35 Å². The number of hydrogen-bond donors (Lipinski definition) is 2. The van der Waals surface area contributed by atoms with E-state index in [0.29, 0.717) is 5.69 Å². The number of aromatic nitrogens is 2. The molecule has 0 radical (unpaired) electrons. The van der Waals surface area contributed by atoms with Crippen molar-refractivity contribution >= 4 is 28.7 Å². The SMILES string of the molecule is NNc1cc(=O)n(I)c(=O)n1-c1ccccc1. The van der Waals surface area contributed by atoms with Gasteiger partial charge in [-0.2, -0.15) is 2.78 Å². The smallest absolute Gasteiger partial charge is 0.309 e. The Hall–Kier alpha value is -1.61. The number of benzene rings is 1. The second-order valence-corrected chi connectivity index (χ2v) is 4.21. The Morgan fingerprint density at radius 2 is 1.82 bits per heavy atom. The van der Waals surface area contributed by atoms with E-state index < -0.39 is 11.2 Å². The van der Waals surface area contributed by atoms with Gasteiger partial charge >= 0.3 is 5.69 Å². The highest BCUT2D eigenvalue weighted by atomic mass is 127.